The highest BCUT2D eigenvalue weighted by atomic mass is 16.7. The highest BCUT2D eigenvalue weighted by Crippen LogP contribution is 2.23. The average Bonchev–Trinajstić information content (AvgIpc) is 2.12. The van der Waals surface area contributed by atoms with Crippen molar-refractivity contribution in [2.24, 2.45) is 0 Å². The van der Waals surface area contributed by atoms with E-state index in [4.69, 9.17) is 14.7 Å². The molecule has 0 bridgehead atoms. The van der Waals surface area contributed by atoms with Crippen LogP contribution in [0, 0.1) is 11.3 Å². The zero-order valence-corrected chi connectivity index (χ0v) is 6.26. The smallest absolute Gasteiger partial charge is 0.163 e. The van der Waals surface area contributed by atoms with Gasteiger partial charge >= 0.3 is 0 Å². The van der Waals surface area contributed by atoms with Crippen molar-refractivity contribution in [3.8, 4) is 6.07 Å². The molecule has 1 saturated heterocycles. The number of hydrogen-bond acceptors (Lipinski definition) is 3. The SMILES string of the molecule is CC1(C)OC[C@H](CC#N)O1. The lowest BCUT2D eigenvalue weighted by Crippen LogP contribution is -2.21. The third-order valence-corrected chi connectivity index (χ3v) is 1.39. The van der Waals surface area contributed by atoms with Gasteiger partial charge in [-0.15, -0.1) is 0 Å². The molecular weight excluding hydrogens is 130 g/mol. The summed E-state index contributed by atoms with van der Waals surface area (Å²) in [6.45, 7) is 4.25. The summed E-state index contributed by atoms with van der Waals surface area (Å²) in [6.07, 6.45) is 0.392. The predicted molar refractivity (Wildman–Crippen MR) is 35.1 cm³/mol. The Balaban J connectivity index is 2.38. The molecule has 0 N–H and O–H groups in total. The molecule has 0 aromatic heterocycles. The van der Waals surface area contributed by atoms with Crippen LogP contribution in [0.5, 0.6) is 0 Å². The normalized spacial score (nSPS) is 29.9. The number of nitriles is 1. The first-order valence-corrected chi connectivity index (χ1v) is 3.33. The van der Waals surface area contributed by atoms with Crippen molar-refractivity contribution in [2.75, 3.05) is 6.61 Å². The van der Waals surface area contributed by atoms with Crippen LogP contribution in [0.3, 0.4) is 0 Å². The quantitative estimate of drug-likeness (QED) is 0.548. The molecule has 1 heterocycles. The third-order valence-electron chi connectivity index (χ3n) is 1.39. The van der Waals surface area contributed by atoms with E-state index in [0.717, 1.165) is 0 Å². The van der Waals surface area contributed by atoms with Crippen LogP contribution < -0.4 is 0 Å². The molecule has 0 unspecified atom stereocenters. The van der Waals surface area contributed by atoms with Crippen LogP contribution >= 0.6 is 0 Å². The molecule has 1 aliphatic heterocycles. The molecule has 0 amide bonds. The molecule has 0 aliphatic carbocycles. The Labute approximate surface area is 60.5 Å². The van der Waals surface area contributed by atoms with Gasteiger partial charge in [0.2, 0.25) is 0 Å². The van der Waals surface area contributed by atoms with Crippen LogP contribution in [-0.4, -0.2) is 18.5 Å². The van der Waals surface area contributed by atoms with Gasteiger partial charge in [-0.1, -0.05) is 0 Å². The summed E-state index contributed by atoms with van der Waals surface area (Å²) < 4.78 is 10.6. The first-order valence-electron chi connectivity index (χ1n) is 3.33. The predicted octanol–water partition coefficient (Wildman–Crippen LogP) is 1.05. The van der Waals surface area contributed by atoms with Crippen molar-refractivity contribution in [1.82, 2.24) is 0 Å². The summed E-state index contributed by atoms with van der Waals surface area (Å²) >= 11 is 0. The maximum absolute atomic E-state index is 8.31. The molecule has 0 aromatic rings. The van der Waals surface area contributed by atoms with Crippen molar-refractivity contribution in [1.29, 1.82) is 5.26 Å². The zero-order chi connectivity index (χ0) is 7.61. The Morgan fingerprint density at radius 1 is 1.70 bits per heavy atom. The summed E-state index contributed by atoms with van der Waals surface area (Å²) in [5.74, 6) is -0.485. The second kappa shape index (κ2) is 2.57. The molecule has 1 fully saturated rings. The van der Waals surface area contributed by atoms with E-state index in [9.17, 15) is 0 Å². The molecule has 1 atom stereocenters. The van der Waals surface area contributed by atoms with Crippen molar-refractivity contribution in [3.63, 3.8) is 0 Å². The summed E-state index contributed by atoms with van der Waals surface area (Å²) in [4.78, 5) is 0. The fraction of sp³-hybridized carbons (Fsp3) is 0.857. The lowest BCUT2D eigenvalue weighted by atomic mass is 10.3. The minimum absolute atomic E-state index is 0.0278. The van der Waals surface area contributed by atoms with Gasteiger partial charge in [0.15, 0.2) is 5.79 Å². The minimum atomic E-state index is -0.485. The minimum Gasteiger partial charge on any atom is -0.348 e. The lowest BCUT2D eigenvalue weighted by Gasteiger charge is -2.15. The van der Waals surface area contributed by atoms with Gasteiger partial charge in [0.05, 0.1) is 25.2 Å². The fourth-order valence-corrected chi connectivity index (χ4v) is 0.965. The van der Waals surface area contributed by atoms with Gasteiger partial charge in [0.25, 0.3) is 0 Å². The summed E-state index contributed by atoms with van der Waals surface area (Å²) in [6, 6.07) is 2.04. The van der Waals surface area contributed by atoms with Gasteiger partial charge in [0.1, 0.15) is 0 Å². The van der Waals surface area contributed by atoms with E-state index in [-0.39, 0.29) is 6.10 Å². The molecule has 0 aromatic carbocycles. The lowest BCUT2D eigenvalue weighted by molar-refractivity contribution is -0.137. The van der Waals surface area contributed by atoms with Crippen molar-refractivity contribution in [3.05, 3.63) is 0 Å². The standard InChI is InChI=1S/C7H11NO2/c1-7(2)9-5-6(10-7)3-4-8/h6H,3,5H2,1-2H3/t6-/m0/s1. The summed E-state index contributed by atoms with van der Waals surface area (Å²) in [7, 11) is 0. The Morgan fingerprint density at radius 2 is 2.40 bits per heavy atom. The van der Waals surface area contributed by atoms with Crippen molar-refractivity contribution < 1.29 is 9.47 Å². The number of rotatable bonds is 1. The molecule has 1 aliphatic rings. The van der Waals surface area contributed by atoms with Gasteiger partial charge in [-0.2, -0.15) is 5.26 Å². The van der Waals surface area contributed by atoms with Gasteiger partial charge in [-0.3, -0.25) is 0 Å². The topological polar surface area (TPSA) is 42.2 Å². The molecule has 3 heteroatoms. The second-order valence-electron chi connectivity index (χ2n) is 2.81. The monoisotopic (exact) mass is 141 g/mol. The van der Waals surface area contributed by atoms with Crippen LogP contribution in [0.2, 0.25) is 0 Å². The molecule has 0 saturated carbocycles. The molecule has 3 nitrogen and oxygen atoms in total. The van der Waals surface area contributed by atoms with E-state index in [1.54, 1.807) is 0 Å². The average molecular weight is 141 g/mol. The maximum atomic E-state index is 8.31. The van der Waals surface area contributed by atoms with Gasteiger partial charge in [0, 0.05) is 0 Å². The van der Waals surface area contributed by atoms with Gasteiger partial charge < -0.3 is 9.47 Å². The maximum Gasteiger partial charge on any atom is 0.163 e. The van der Waals surface area contributed by atoms with Gasteiger partial charge in [-0.05, 0) is 13.8 Å². The van der Waals surface area contributed by atoms with Crippen LogP contribution in [-0.2, 0) is 9.47 Å². The molecular formula is C7H11NO2. The number of ether oxygens (including phenoxy) is 2. The van der Waals surface area contributed by atoms with Crippen molar-refractivity contribution in [2.45, 2.75) is 32.2 Å². The summed E-state index contributed by atoms with van der Waals surface area (Å²) in [5, 5.41) is 8.31. The Morgan fingerprint density at radius 3 is 2.80 bits per heavy atom. The van der Waals surface area contributed by atoms with E-state index in [0.29, 0.717) is 13.0 Å². The molecule has 10 heavy (non-hydrogen) atoms. The van der Waals surface area contributed by atoms with E-state index in [1.165, 1.54) is 0 Å². The molecule has 1 rings (SSSR count). The van der Waals surface area contributed by atoms with Gasteiger partial charge in [-0.25, -0.2) is 0 Å². The summed E-state index contributed by atoms with van der Waals surface area (Å²) in [5.41, 5.74) is 0. The van der Waals surface area contributed by atoms with E-state index in [2.05, 4.69) is 0 Å². The highest BCUT2D eigenvalue weighted by Gasteiger charge is 2.32. The van der Waals surface area contributed by atoms with Crippen LogP contribution in [0.15, 0.2) is 0 Å². The zero-order valence-electron chi connectivity index (χ0n) is 6.26. The first kappa shape index (κ1) is 7.52. The molecule has 0 radical (unpaired) electrons. The molecule has 56 valence electrons. The molecule has 0 spiro atoms. The highest BCUT2D eigenvalue weighted by molar-refractivity contribution is 4.80. The number of nitrogens with zero attached hydrogens (tertiary/aromatic N) is 1. The third kappa shape index (κ3) is 1.69. The van der Waals surface area contributed by atoms with E-state index < -0.39 is 5.79 Å². The Hall–Kier alpha value is -0.590. The second-order valence-corrected chi connectivity index (χ2v) is 2.81. The van der Waals surface area contributed by atoms with Crippen molar-refractivity contribution >= 4 is 0 Å². The van der Waals surface area contributed by atoms with E-state index >= 15 is 0 Å². The van der Waals surface area contributed by atoms with Crippen LogP contribution in [0.4, 0.5) is 0 Å². The largest absolute Gasteiger partial charge is 0.348 e. The number of hydrogen-bond donors (Lipinski definition) is 0. The Bertz CT molecular complexity index is 159. The van der Waals surface area contributed by atoms with Crippen LogP contribution in [0.1, 0.15) is 20.3 Å². The first-order chi connectivity index (χ1) is 4.64. The van der Waals surface area contributed by atoms with Crippen LogP contribution in [0.25, 0.3) is 0 Å². The fourth-order valence-electron chi connectivity index (χ4n) is 0.965. The van der Waals surface area contributed by atoms with E-state index in [1.807, 2.05) is 19.9 Å². The Kier molecular flexibility index (Phi) is 1.93.